The van der Waals surface area contributed by atoms with Crippen LogP contribution in [-0.2, 0) is 9.53 Å². The molecule has 0 saturated heterocycles. The van der Waals surface area contributed by atoms with Crippen molar-refractivity contribution in [2.24, 2.45) is 0 Å². The van der Waals surface area contributed by atoms with Crippen molar-refractivity contribution in [3.63, 3.8) is 0 Å². The quantitative estimate of drug-likeness (QED) is 0.604. The maximum atomic E-state index is 12.3. The van der Waals surface area contributed by atoms with Gasteiger partial charge in [-0.1, -0.05) is 23.7 Å². The second kappa shape index (κ2) is 7.99. The van der Waals surface area contributed by atoms with E-state index in [1.807, 2.05) is 24.4 Å². The van der Waals surface area contributed by atoms with Crippen LogP contribution in [0.25, 0.3) is 9.88 Å². The molecule has 1 atom stereocenters. The van der Waals surface area contributed by atoms with Crippen LogP contribution in [0.3, 0.4) is 0 Å². The Morgan fingerprint density at radius 1 is 1.27 bits per heavy atom. The van der Waals surface area contributed by atoms with Crippen molar-refractivity contribution in [3.05, 3.63) is 57.4 Å². The fraction of sp³-hybridized carbons (Fsp3) is 0.167. The minimum atomic E-state index is -0.965. The number of amides is 1. The average Bonchev–Trinajstić information content (AvgIpc) is 3.28. The highest BCUT2D eigenvalue weighted by molar-refractivity contribution is 7.20. The Kier molecular flexibility index (Phi) is 5.70. The number of benzene rings is 1. The summed E-state index contributed by atoms with van der Waals surface area (Å²) >= 11 is 8.85. The Labute approximate surface area is 163 Å². The van der Waals surface area contributed by atoms with Gasteiger partial charge in [0.1, 0.15) is 5.01 Å². The van der Waals surface area contributed by atoms with Crippen molar-refractivity contribution < 1.29 is 14.3 Å². The van der Waals surface area contributed by atoms with E-state index in [0.29, 0.717) is 10.7 Å². The van der Waals surface area contributed by atoms with E-state index < -0.39 is 18.0 Å². The minimum absolute atomic E-state index is 0.192. The molecule has 2 aromatic heterocycles. The lowest BCUT2D eigenvalue weighted by molar-refractivity contribution is -0.123. The Balaban J connectivity index is 1.63. The lowest BCUT2D eigenvalue weighted by atomic mass is 10.2. The molecule has 0 aliphatic heterocycles. The fourth-order valence-corrected chi connectivity index (χ4v) is 3.89. The molecule has 1 N–H and O–H groups in total. The summed E-state index contributed by atoms with van der Waals surface area (Å²) in [5.74, 6) is -1.06. The van der Waals surface area contributed by atoms with Crippen molar-refractivity contribution in [2.75, 3.05) is 5.32 Å². The molecule has 8 heteroatoms. The van der Waals surface area contributed by atoms with Crippen molar-refractivity contribution >= 4 is 51.8 Å². The molecule has 134 valence electrons. The van der Waals surface area contributed by atoms with Crippen LogP contribution in [0.4, 0.5) is 5.69 Å². The summed E-state index contributed by atoms with van der Waals surface area (Å²) in [5.41, 5.74) is 1.64. The first-order chi connectivity index (χ1) is 12.4. The number of hydrogen-bond acceptors (Lipinski definition) is 6. The summed E-state index contributed by atoms with van der Waals surface area (Å²) in [4.78, 5) is 29.8. The van der Waals surface area contributed by atoms with Crippen LogP contribution in [0.1, 0.15) is 23.0 Å². The molecule has 5 nitrogen and oxygen atoms in total. The second-order valence-electron chi connectivity index (χ2n) is 5.51. The number of carbonyl (C=O) groups is 2. The van der Waals surface area contributed by atoms with Gasteiger partial charge in [0.2, 0.25) is 0 Å². The topological polar surface area (TPSA) is 68.3 Å². The number of nitrogens with zero attached hydrogens (tertiary/aromatic N) is 1. The highest BCUT2D eigenvalue weighted by atomic mass is 35.5. The van der Waals surface area contributed by atoms with E-state index in [0.717, 1.165) is 15.4 Å². The van der Waals surface area contributed by atoms with Gasteiger partial charge in [0.25, 0.3) is 5.91 Å². The molecule has 1 amide bonds. The van der Waals surface area contributed by atoms with Gasteiger partial charge in [0, 0.05) is 16.1 Å². The molecule has 0 aliphatic carbocycles. The number of aromatic nitrogens is 1. The number of rotatable bonds is 5. The summed E-state index contributed by atoms with van der Waals surface area (Å²) in [6.45, 7) is 3.36. The Hall–Kier alpha value is -2.22. The van der Waals surface area contributed by atoms with Crippen molar-refractivity contribution in [1.29, 1.82) is 0 Å². The summed E-state index contributed by atoms with van der Waals surface area (Å²) in [7, 11) is 0. The lowest BCUT2D eigenvalue weighted by Crippen LogP contribution is -2.30. The molecule has 26 heavy (non-hydrogen) atoms. The lowest BCUT2D eigenvalue weighted by Gasteiger charge is -2.14. The van der Waals surface area contributed by atoms with Gasteiger partial charge in [-0.3, -0.25) is 4.79 Å². The molecule has 0 radical (unpaired) electrons. The van der Waals surface area contributed by atoms with Gasteiger partial charge < -0.3 is 10.1 Å². The number of esters is 1. The van der Waals surface area contributed by atoms with E-state index in [2.05, 4.69) is 10.3 Å². The molecule has 0 spiro atoms. The number of anilines is 1. The maximum absolute atomic E-state index is 12.3. The van der Waals surface area contributed by atoms with Crippen LogP contribution in [0.2, 0.25) is 5.02 Å². The molecule has 3 rings (SSSR count). The number of thiazole rings is 1. The molecule has 1 aromatic carbocycles. The normalized spacial score (nSPS) is 11.8. The van der Waals surface area contributed by atoms with Crippen LogP contribution in [0.5, 0.6) is 0 Å². The zero-order chi connectivity index (χ0) is 18.7. The van der Waals surface area contributed by atoms with Gasteiger partial charge in [0.15, 0.2) is 11.8 Å². The van der Waals surface area contributed by atoms with E-state index in [-0.39, 0.29) is 5.69 Å². The predicted molar refractivity (Wildman–Crippen MR) is 105 cm³/mol. The van der Waals surface area contributed by atoms with Gasteiger partial charge in [-0.05, 0) is 43.0 Å². The molecule has 0 unspecified atom stereocenters. The smallest absolute Gasteiger partial charge is 0.358 e. The molecule has 0 aliphatic rings. The van der Waals surface area contributed by atoms with Crippen molar-refractivity contribution in [2.45, 2.75) is 20.0 Å². The predicted octanol–water partition coefficient (Wildman–Crippen LogP) is 5.02. The molecule has 2 heterocycles. The van der Waals surface area contributed by atoms with Gasteiger partial charge >= 0.3 is 5.97 Å². The van der Waals surface area contributed by atoms with Crippen LogP contribution in [0.15, 0.2) is 41.1 Å². The zero-order valence-corrected chi connectivity index (χ0v) is 16.4. The first-order valence-electron chi connectivity index (χ1n) is 7.71. The summed E-state index contributed by atoms with van der Waals surface area (Å²) in [5, 5.41) is 7.55. The number of thiophene rings is 1. The first kappa shape index (κ1) is 18.6. The Bertz CT molecular complexity index is 938. The van der Waals surface area contributed by atoms with Crippen LogP contribution in [-0.4, -0.2) is 23.0 Å². The van der Waals surface area contributed by atoms with Crippen molar-refractivity contribution in [1.82, 2.24) is 4.98 Å². The van der Waals surface area contributed by atoms with Gasteiger partial charge in [-0.2, -0.15) is 0 Å². The zero-order valence-electron chi connectivity index (χ0n) is 14.0. The van der Waals surface area contributed by atoms with E-state index >= 15 is 0 Å². The van der Waals surface area contributed by atoms with Gasteiger partial charge in [0.05, 0.1) is 4.88 Å². The molecule has 0 saturated carbocycles. The maximum Gasteiger partial charge on any atom is 0.358 e. The highest BCUT2D eigenvalue weighted by Gasteiger charge is 2.21. The fourth-order valence-electron chi connectivity index (χ4n) is 2.12. The number of ether oxygens (including phenoxy) is 1. The number of hydrogen-bond donors (Lipinski definition) is 1. The molecular formula is C18H15ClN2O3S2. The standard InChI is InChI=1S/C18H15ClN2O3S2/c1-10-5-6-12(19)8-13(10)20-16(22)11(2)24-18(23)14-9-26-17(21-14)15-4-3-7-25-15/h3-9,11H,1-2H3,(H,20,22)/t11-/m0/s1. The van der Waals surface area contributed by atoms with E-state index in [9.17, 15) is 9.59 Å². The van der Waals surface area contributed by atoms with Gasteiger partial charge in [-0.25, -0.2) is 9.78 Å². The van der Waals surface area contributed by atoms with Crippen LogP contribution in [0, 0.1) is 6.92 Å². The van der Waals surface area contributed by atoms with Crippen LogP contribution < -0.4 is 5.32 Å². The molecule has 0 fully saturated rings. The number of aryl methyl sites for hydroxylation is 1. The number of carbonyl (C=O) groups excluding carboxylic acids is 2. The second-order valence-corrected chi connectivity index (χ2v) is 7.75. The highest BCUT2D eigenvalue weighted by Crippen LogP contribution is 2.28. The minimum Gasteiger partial charge on any atom is -0.448 e. The average molecular weight is 407 g/mol. The SMILES string of the molecule is Cc1ccc(Cl)cc1NC(=O)[C@H](C)OC(=O)c1csc(-c2cccs2)n1. The molecular weight excluding hydrogens is 392 g/mol. The Morgan fingerprint density at radius 3 is 2.81 bits per heavy atom. The molecule has 3 aromatic rings. The van der Waals surface area contributed by atoms with Crippen LogP contribution >= 0.6 is 34.3 Å². The summed E-state index contributed by atoms with van der Waals surface area (Å²) in [6, 6.07) is 9.04. The molecule has 0 bridgehead atoms. The number of nitrogens with one attached hydrogen (secondary N) is 1. The van der Waals surface area contributed by atoms with E-state index in [1.165, 1.54) is 18.3 Å². The monoisotopic (exact) mass is 406 g/mol. The third-order valence-corrected chi connectivity index (χ3v) is 5.67. The Morgan fingerprint density at radius 2 is 2.08 bits per heavy atom. The third kappa shape index (κ3) is 4.30. The van der Waals surface area contributed by atoms with E-state index in [4.69, 9.17) is 16.3 Å². The third-order valence-electron chi connectivity index (χ3n) is 3.56. The van der Waals surface area contributed by atoms with Gasteiger partial charge in [-0.15, -0.1) is 22.7 Å². The number of halogens is 1. The largest absolute Gasteiger partial charge is 0.448 e. The van der Waals surface area contributed by atoms with Crippen molar-refractivity contribution in [3.8, 4) is 9.88 Å². The van der Waals surface area contributed by atoms with E-state index in [1.54, 1.807) is 34.9 Å². The summed E-state index contributed by atoms with van der Waals surface area (Å²) in [6.07, 6.45) is -0.965. The first-order valence-corrected chi connectivity index (χ1v) is 9.85. The summed E-state index contributed by atoms with van der Waals surface area (Å²) < 4.78 is 5.23.